The van der Waals surface area contributed by atoms with Crippen molar-refractivity contribution in [2.45, 2.75) is 38.6 Å². The number of hydrogen-bond donors (Lipinski definition) is 1. The smallest absolute Gasteiger partial charge is 0.254 e. The number of carbonyl (C=O) groups is 1. The second-order valence-electron chi connectivity index (χ2n) is 7.08. The minimum Gasteiger partial charge on any atom is -0.395 e. The van der Waals surface area contributed by atoms with E-state index < -0.39 is 0 Å². The summed E-state index contributed by atoms with van der Waals surface area (Å²) in [5.41, 5.74) is 1.85. The summed E-state index contributed by atoms with van der Waals surface area (Å²) in [5, 5.41) is 9.40. The summed E-state index contributed by atoms with van der Waals surface area (Å²) < 4.78 is 0. The molecule has 1 aromatic rings. The Morgan fingerprint density at radius 3 is 2.40 bits per heavy atom. The van der Waals surface area contributed by atoms with Gasteiger partial charge >= 0.3 is 0 Å². The lowest BCUT2D eigenvalue weighted by Gasteiger charge is -2.37. The van der Waals surface area contributed by atoms with E-state index in [4.69, 9.17) is 0 Å². The molecule has 1 fully saturated rings. The van der Waals surface area contributed by atoms with Crippen LogP contribution in [0.3, 0.4) is 0 Å². The normalized spacial score (nSPS) is 16.0. The van der Waals surface area contributed by atoms with Crippen LogP contribution in [0, 0.1) is 0 Å². The molecule has 0 saturated carbocycles. The fourth-order valence-corrected chi connectivity index (χ4v) is 3.41. The van der Waals surface area contributed by atoms with Crippen LogP contribution in [0.25, 0.3) is 0 Å². The van der Waals surface area contributed by atoms with E-state index in [1.54, 1.807) is 0 Å². The van der Waals surface area contributed by atoms with Crippen molar-refractivity contribution in [3.05, 3.63) is 29.8 Å². The lowest BCUT2D eigenvalue weighted by atomic mass is 10.0. The molecule has 0 atom stereocenters. The molecule has 25 heavy (non-hydrogen) atoms. The third-order valence-electron chi connectivity index (χ3n) is 5.13. The zero-order valence-electron chi connectivity index (χ0n) is 15.9. The van der Waals surface area contributed by atoms with Gasteiger partial charge in [-0.3, -0.25) is 4.79 Å². The average Bonchev–Trinajstić information content (AvgIpc) is 2.64. The molecular formula is C20H33N3O2. The summed E-state index contributed by atoms with van der Waals surface area (Å²) in [6.07, 6.45) is 4.28. The Kier molecular flexibility index (Phi) is 7.72. The molecule has 0 aromatic heterocycles. The van der Waals surface area contributed by atoms with Gasteiger partial charge in [-0.1, -0.05) is 13.3 Å². The highest BCUT2D eigenvalue weighted by Gasteiger charge is 2.27. The molecule has 140 valence electrons. The molecular weight excluding hydrogens is 314 g/mol. The van der Waals surface area contributed by atoms with Crippen molar-refractivity contribution in [1.82, 2.24) is 9.80 Å². The highest BCUT2D eigenvalue weighted by Crippen LogP contribution is 2.20. The number of aliphatic hydroxyl groups is 1. The maximum Gasteiger partial charge on any atom is 0.254 e. The van der Waals surface area contributed by atoms with E-state index in [0.717, 1.165) is 44.6 Å². The fraction of sp³-hybridized carbons (Fsp3) is 0.650. The first-order chi connectivity index (χ1) is 12.1. The van der Waals surface area contributed by atoms with Crippen molar-refractivity contribution in [3.8, 4) is 0 Å². The molecule has 1 heterocycles. The lowest BCUT2D eigenvalue weighted by Crippen LogP contribution is -2.47. The fourth-order valence-electron chi connectivity index (χ4n) is 3.41. The number of benzene rings is 1. The third kappa shape index (κ3) is 5.44. The summed E-state index contributed by atoms with van der Waals surface area (Å²) in [6, 6.07) is 8.10. The maximum absolute atomic E-state index is 13.0. The lowest BCUT2D eigenvalue weighted by molar-refractivity contribution is 0.0540. The van der Waals surface area contributed by atoms with Crippen molar-refractivity contribution in [1.29, 1.82) is 0 Å². The van der Waals surface area contributed by atoms with Gasteiger partial charge in [-0.2, -0.15) is 0 Å². The van der Waals surface area contributed by atoms with Gasteiger partial charge in [0.1, 0.15) is 0 Å². The van der Waals surface area contributed by atoms with Crippen LogP contribution in [0.4, 0.5) is 5.69 Å². The number of anilines is 1. The van der Waals surface area contributed by atoms with Crippen molar-refractivity contribution < 1.29 is 9.90 Å². The highest BCUT2D eigenvalue weighted by molar-refractivity contribution is 5.94. The van der Waals surface area contributed by atoms with Crippen molar-refractivity contribution in [3.63, 3.8) is 0 Å². The number of aliphatic hydroxyl groups excluding tert-OH is 1. The molecule has 0 bridgehead atoms. The number of nitrogens with zero attached hydrogens (tertiary/aromatic N) is 3. The second-order valence-corrected chi connectivity index (χ2v) is 7.08. The first kappa shape index (κ1) is 19.7. The van der Waals surface area contributed by atoms with Crippen LogP contribution in [-0.4, -0.2) is 73.7 Å². The molecule has 1 N–H and O–H groups in total. The molecule has 1 aliphatic heterocycles. The molecule has 0 spiro atoms. The van der Waals surface area contributed by atoms with Gasteiger partial charge in [-0.25, -0.2) is 0 Å². The van der Waals surface area contributed by atoms with E-state index in [9.17, 15) is 9.90 Å². The van der Waals surface area contributed by atoms with E-state index in [1.807, 2.05) is 29.2 Å². The van der Waals surface area contributed by atoms with Crippen LogP contribution < -0.4 is 4.90 Å². The summed E-state index contributed by atoms with van der Waals surface area (Å²) in [5.74, 6) is 0.0337. The molecule has 0 unspecified atom stereocenters. The monoisotopic (exact) mass is 347 g/mol. The number of piperidine rings is 1. The first-order valence-electron chi connectivity index (χ1n) is 9.48. The van der Waals surface area contributed by atoms with Crippen molar-refractivity contribution >= 4 is 11.6 Å². The Bertz CT molecular complexity index is 524. The Hall–Kier alpha value is -1.59. The predicted octanol–water partition coefficient (Wildman–Crippen LogP) is 2.45. The minimum absolute atomic E-state index is 0.00984. The quantitative estimate of drug-likeness (QED) is 0.785. The molecule has 5 nitrogen and oxygen atoms in total. The maximum atomic E-state index is 13.0. The number of hydrogen-bond acceptors (Lipinski definition) is 4. The zero-order valence-corrected chi connectivity index (χ0v) is 15.9. The average molecular weight is 348 g/mol. The van der Waals surface area contributed by atoms with Crippen LogP contribution in [0.1, 0.15) is 43.0 Å². The van der Waals surface area contributed by atoms with Crippen molar-refractivity contribution in [2.24, 2.45) is 0 Å². The van der Waals surface area contributed by atoms with Crippen LogP contribution in [0.5, 0.6) is 0 Å². The molecule has 0 aliphatic carbocycles. The standard InChI is InChI=1S/C20H33N3O2/c1-4-5-12-22(3)18-8-6-17(7-9-18)20(25)23(15-16-24)19-10-13-21(2)14-11-19/h6-9,19,24H,4-5,10-16H2,1-3H3. The third-order valence-corrected chi connectivity index (χ3v) is 5.13. The van der Waals surface area contributed by atoms with Gasteiger partial charge in [0.15, 0.2) is 0 Å². The van der Waals surface area contributed by atoms with E-state index in [2.05, 4.69) is 30.8 Å². The van der Waals surface area contributed by atoms with Gasteiger partial charge in [0.2, 0.25) is 0 Å². The summed E-state index contributed by atoms with van der Waals surface area (Å²) in [6.45, 7) is 5.63. The Morgan fingerprint density at radius 2 is 1.84 bits per heavy atom. The van der Waals surface area contributed by atoms with E-state index in [1.165, 1.54) is 6.42 Å². The SMILES string of the molecule is CCCCN(C)c1ccc(C(=O)N(CCO)C2CCN(C)CC2)cc1. The Labute approximate surface area is 152 Å². The predicted molar refractivity (Wildman–Crippen MR) is 103 cm³/mol. The van der Waals surface area contributed by atoms with Gasteiger partial charge in [-0.15, -0.1) is 0 Å². The Balaban J connectivity index is 2.05. The van der Waals surface area contributed by atoms with Crippen molar-refractivity contribution in [2.75, 3.05) is 51.8 Å². The van der Waals surface area contributed by atoms with Crippen LogP contribution in [-0.2, 0) is 0 Å². The number of carbonyl (C=O) groups excluding carboxylic acids is 1. The first-order valence-corrected chi connectivity index (χ1v) is 9.48. The number of unbranched alkanes of at least 4 members (excludes halogenated alkanes) is 1. The topological polar surface area (TPSA) is 47.0 Å². The van der Waals surface area contributed by atoms with Crippen LogP contribution >= 0.6 is 0 Å². The minimum atomic E-state index is 0.00984. The number of rotatable bonds is 8. The molecule has 1 amide bonds. The van der Waals surface area contributed by atoms with Gasteiger partial charge < -0.3 is 19.8 Å². The molecule has 0 radical (unpaired) electrons. The van der Waals surface area contributed by atoms with Crippen LogP contribution in [0.15, 0.2) is 24.3 Å². The largest absolute Gasteiger partial charge is 0.395 e. The van der Waals surface area contributed by atoms with E-state index >= 15 is 0 Å². The summed E-state index contributed by atoms with van der Waals surface area (Å²) >= 11 is 0. The number of likely N-dealkylation sites (tertiary alicyclic amines) is 1. The molecule has 5 heteroatoms. The Morgan fingerprint density at radius 1 is 1.20 bits per heavy atom. The molecule has 2 rings (SSSR count). The second kappa shape index (κ2) is 9.78. The summed E-state index contributed by atoms with van der Waals surface area (Å²) in [7, 11) is 4.20. The molecule has 1 aromatic carbocycles. The van der Waals surface area contributed by atoms with E-state index in [-0.39, 0.29) is 18.6 Å². The van der Waals surface area contributed by atoms with Gasteiger partial charge in [0.25, 0.3) is 5.91 Å². The number of amides is 1. The highest BCUT2D eigenvalue weighted by atomic mass is 16.3. The van der Waals surface area contributed by atoms with E-state index in [0.29, 0.717) is 12.1 Å². The van der Waals surface area contributed by atoms with Gasteiger partial charge in [0.05, 0.1) is 6.61 Å². The summed E-state index contributed by atoms with van der Waals surface area (Å²) in [4.78, 5) is 19.3. The molecule has 1 aliphatic rings. The van der Waals surface area contributed by atoms with Crippen LogP contribution in [0.2, 0.25) is 0 Å². The molecule has 1 saturated heterocycles. The zero-order chi connectivity index (χ0) is 18.2. The van der Waals surface area contributed by atoms with Gasteiger partial charge in [-0.05, 0) is 63.7 Å². The van der Waals surface area contributed by atoms with Gasteiger partial charge in [0, 0.05) is 37.4 Å².